The maximum atomic E-state index is 13.2. The van der Waals surface area contributed by atoms with E-state index in [2.05, 4.69) is 5.10 Å². The molecule has 1 aromatic heterocycles. The van der Waals surface area contributed by atoms with Gasteiger partial charge < -0.3 is 0 Å². The van der Waals surface area contributed by atoms with Crippen molar-refractivity contribution in [2.45, 2.75) is 63.2 Å². The number of aromatic nitrogens is 2. The van der Waals surface area contributed by atoms with Crippen molar-refractivity contribution in [3.8, 4) is 0 Å². The molecule has 0 aliphatic carbocycles. The van der Waals surface area contributed by atoms with Crippen LogP contribution in [0.2, 0.25) is 0 Å². The number of sulfonamides is 1. The highest BCUT2D eigenvalue weighted by molar-refractivity contribution is 7.90. The van der Waals surface area contributed by atoms with Crippen LogP contribution in [0, 0.1) is 27.7 Å². The van der Waals surface area contributed by atoms with E-state index in [9.17, 15) is 16.8 Å². The highest BCUT2D eigenvalue weighted by Gasteiger charge is 2.34. The summed E-state index contributed by atoms with van der Waals surface area (Å²) in [4.78, 5) is 0.0988. The van der Waals surface area contributed by atoms with Gasteiger partial charge in [0, 0.05) is 13.1 Å². The molecule has 0 radical (unpaired) electrons. The van der Waals surface area contributed by atoms with Crippen molar-refractivity contribution in [2.75, 3.05) is 13.1 Å². The van der Waals surface area contributed by atoms with Crippen molar-refractivity contribution in [1.82, 2.24) is 13.5 Å². The Morgan fingerprint density at radius 1 is 0.821 bits per heavy atom. The average Bonchev–Trinajstić information content (AvgIpc) is 2.80. The van der Waals surface area contributed by atoms with Gasteiger partial charge in [0.1, 0.15) is 4.90 Å². The first-order chi connectivity index (χ1) is 13.1. The minimum Gasteiger partial charge on any atom is -0.207 e. The summed E-state index contributed by atoms with van der Waals surface area (Å²) in [5.41, 5.74) is 2.16. The van der Waals surface area contributed by atoms with Crippen molar-refractivity contribution in [3.05, 3.63) is 40.7 Å². The first kappa shape index (κ1) is 21.0. The smallest absolute Gasteiger partial charge is 0.207 e. The molecule has 28 heavy (non-hydrogen) atoms. The van der Waals surface area contributed by atoms with Crippen LogP contribution in [0.1, 0.15) is 48.2 Å². The lowest BCUT2D eigenvalue weighted by atomic mass is 10.1. The molecular formula is C19H27N3O4S2. The molecule has 1 aromatic carbocycles. The van der Waals surface area contributed by atoms with Crippen LogP contribution in [0.25, 0.3) is 0 Å². The van der Waals surface area contributed by atoms with E-state index in [0.717, 1.165) is 40.9 Å². The van der Waals surface area contributed by atoms with E-state index in [0.29, 0.717) is 13.1 Å². The molecule has 0 spiro atoms. The van der Waals surface area contributed by atoms with Crippen LogP contribution >= 0.6 is 0 Å². The Hall–Kier alpha value is -1.71. The molecule has 0 bridgehead atoms. The summed E-state index contributed by atoms with van der Waals surface area (Å²) in [6.45, 7) is 7.70. The third kappa shape index (κ3) is 3.62. The first-order valence-corrected chi connectivity index (χ1v) is 12.3. The molecule has 2 heterocycles. The van der Waals surface area contributed by atoms with E-state index in [4.69, 9.17) is 0 Å². The summed E-state index contributed by atoms with van der Waals surface area (Å²) in [6.07, 6.45) is 3.63. The Morgan fingerprint density at radius 3 is 2.00 bits per heavy atom. The van der Waals surface area contributed by atoms with Crippen LogP contribution in [0.15, 0.2) is 28.0 Å². The summed E-state index contributed by atoms with van der Waals surface area (Å²) < 4.78 is 55.1. The largest absolute Gasteiger partial charge is 0.283 e. The number of rotatable bonds is 4. The summed E-state index contributed by atoms with van der Waals surface area (Å²) in [5.74, 6) is 0. The molecule has 0 atom stereocenters. The van der Waals surface area contributed by atoms with Gasteiger partial charge in [0.2, 0.25) is 10.0 Å². The summed E-state index contributed by atoms with van der Waals surface area (Å²) >= 11 is 0. The SMILES string of the molecule is Cc1ccc(S(=O)(=O)n2nc(C)c(S(=O)(=O)N3CCCCCC3)c2C)cc1C. The van der Waals surface area contributed by atoms with Crippen molar-refractivity contribution in [2.24, 2.45) is 0 Å². The number of nitrogens with zero attached hydrogens (tertiary/aromatic N) is 3. The summed E-state index contributed by atoms with van der Waals surface area (Å²) in [7, 11) is -7.78. The molecule has 0 N–H and O–H groups in total. The Balaban J connectivity index is 2.10. The second-order valence-corrected chi connectivity index (χ2v) is 11.1. The van der Waals surface area contributed by atoms with Crippen LogP contribution < -0.4 is 0 Å². The zero-order chi connectivity index (χ0) is 20.7. The lowest BCUT2D eigenvalue weighted by Gasteiger charge is -2.20. The summed E-state index contributed by atoms with van der Waals surface area (Å²) in [5, 5.41) is 4.12. The van der Waals surface area contributed by atoms with E-state index < -0.39 is 20.0 Å². The van der Waals surface area contributed by atoms with E-state index in [1.165, 1.54) is 17.3 Å². The molecule has 1 aliphatic rings. The van der Waals surface area contributed by atoms with E-state index in [1.54, 1.807) is 19.1 Å². The fourth-order valence-corrected chi connectivity index (χ4v) is 6.97. The molecule has 154 valence electrons. The normalized spacial score (nSPS) is 16.9. The zero-order valence-electron chi connectivity index (χ0n) is 16.8. The maximum absolute atomic E-state index is 13.2. The number of hydrogen-bond acceptors (Lipinski definition) is 5. The maximum Gasteiger partial charge on any atom is 0.283 e. The number of aryl methyl sites for hydroxylation is 3. The van der Waals surface area contributed by atoms with E-state index in [-0.39, 0.29) is 21.2 Å². The molecule has 1 fully saturated rings. The number of hydrogen-bond donors (Lipinski definition) is 0. The van der Waals surface area contributed by atoms with Gasteiger partial charge in [-0.15, -0.1) is 0 Å². The Kier molecular flexibility index (Phi) is 5.71. The predicted octanol–water partition coefficient (Wildman–Crippen LogP) is 2.92. The minimum absolute atomic E-state index is 0.00167. The molecule has 9 heteroatoms. The van der Waals surface area contributed by atoms with Crippen LogP contribution in [0.4, 0.5) is 0 Å². The fourth-order valence-electron chi connectivity index (χ4n) is 3.60. The van der Waals surface area contributed by atoms with Gasteiger partial charge in [-0.1, -0.05) is 18.9 Å². The molecule has 1 saturated heterocycles. The zero-order valence-corrected chi connectivity index (χ0v) is 18.4. The predicted molar refractivity (Wildman–Crippen MR) is 107 cm³/mol. The van der Waals surface area contributed by atoms with Crippen LogP contribution in [-0.2, 0) is 20.0 Å². The molecule has 7 nitrogen and oxygen atoms in total. The van der Waals surface area contributed by atoms with Crippen molar-refractivity contribution < 1.29 is 16.8 Å². The van der Waals surface area contributed by atoms with Gasteiger partial charge >= 0.3 is 0 Å². The fraction of sp³-hybridized carbons (Fsp3) is 0.526. The topological polar surface area (TPSA) is 89.3 Å². The molecule has 0 amide bonds. The third-order valence-electron chi connectivity index (χ3n) is 5.35. The lowest BCUT2D eigenvalue weighted by Crippen LogP contribution is -2.32. The van der Waals surface area contributed by atoms with Crippen LogP contribution in [-0.4, -0.2) is 43.4 Å². The van der Waals surface area contributed by atoms with Gasteiger partial charge in [-0.2, -0.15) is 21.9 Å². The molecule has 0 unspecified atom stereocenters. The standard InChI is InChI=1S/C19H27N3O4S2/c1-14-9-10-18(13-15(14)2)27(23,24)22-17(4)19(16(3)20-22)28(25,26)21-11-7-5-6-8-12-21/h9-10,13H,5-8,11-12H2,1-4H3. The third-order valence-corrected chi connectivity index (χ3v) is 9.16. The van der Waals surface area contributed by atoms with Gasteiger partial charge in [0.25, 0.3) is 10.0 Å². The van der Waals surface area contributed by atoms with E-state index in [1.807, 2.05) is 13.8 Å². The highest BCUT2D eigenvalue weighted by Crippen LogP contribution is 2.28. The Morgan fingerprint density at radius 2 is 1.43 bits per heavy atom. The van der Waals surface area contributed by atoms with E-state index >= 15 is 0 Å². The quantitative estimate of drug-likeness (QED) is 0.751. The monoisotopic (exact) mass is 425 g/mol. The van der Waals surface area contributed by atoms with Crippen LogP contribution in [0.3, 0.4) is 0 Å². The minimum atomic E-state index is -3.99. The van der Waals surface area contributed by atoms with Gasteiger partial charge in [-0.25, -0.2) is 8.42 Å². The van der Waals surface area contributed by atoms with Gasteiger partial charge in [0.15, 0.2) is 0 Å². The highest BCUT2D eigenvalue weighted by atomic mass is 32.2. The number of benzene rings is 1. The van der Waals surface area contributed by atoms with Gasteiger partial charge in [0.05, 0.1) is 16.3 Å². The van der Waals surface area contributed by atoms with Gasteiger partial charge in [-0.05, 0) is 63.8 Å². The Bertz CT molecular complexity index is 1090. The second kappa shape index (κ2) is 7.61. The molecule has 3 rings (SSSR count). The van der Waals surface area contributed by atoms with Crippen molar-refractivity contribution >= 4 is 20.0 Å². The molecular weight excluding hydrogens is 398 g/mol. The first-order valence-electron chi connectivity index (χ1n) is 9.46. The molecule has 0 saturated carbocycles. The Labute approximate surface area is 167 Å². The van der Waals surface area contributed by atoms with Crippen molar-refractivity contribution in [1.29, 1.82) is 0 Å². The molecule has 2 aromatic rings. The average molecular weight is 426 g/mol. The summed E-state index contributed by atoms with van der Waals surface area (Å²) in [6, 6.07) is 4.85. The second-order valence-electron chi connectivity index (χ2n) is 7.41. The van der Waals surface area contributed by atoms with Crippen LogP contribution in [0.5, 0.6) is 0 Å². The lowest BCUT2D eigenvalue weighted by molar-refractivity contribution is 0.423. The van der Waals surface area contributed by atoms with Gasteiger partial charge in [-0.3, -0.25) is 0 Å². The van der Waals surface area contributed by atoms with Crippen molar-refractivity contribution in [3.63, 3.8) is 0 Å². The molecule has 1 aliphatic heterocycles.